The summed E-state index contributed by atoms with van der Waals surface area (Å²) in [5.41, 5.74) is 1.76. The number of ether oxygens (including phenoxy) is 4. The van der Waals surface area contributed by atoms with Crippen LogP contribution in [0.3, 0.4) is 0 Å². The van der Waals surface area contributed by atoms with Crippen LogP contribution in [0.15, 0.2) is 42.0 Å². The minimum Gasteiger partial charge on any atom is -0.493 e. The lowest BCUT2D eigenvalue weighted by Crippen LogP contribution is -2.22. The van der Waals surface area contributed by atoms with E-state index in [-0.39, 0.29) is 18.1 Å². The van der Waals surface area contributed by atoms with Crippen LogP contribution in [0.1, 0.15) is 15.9 Å². The molecule has 0 atom stereocenters. The number of hydrogen-bond acceptors (Lipinski definition) is 6. The van der Waals surface area contributed by atoms with Crippen molar-refractivity contribution in [2.75, 3.05) is 33.3 Å². The number of esters is 1. The van der Waals surface area contributed by atoms with Gasteiger partial charge in [-0.3, -0.25) is 4.79 Å². The maximum Gasteiger partial charge on any atom is 0.339 e. The summed E-state index contributed by atoms with van der Waals surface area (Å²) in [6, 6.07) is 10.1. The number of anilines is 1. The van der Waals surface area contributed by atoms with Crippen LogP contribution in [0, 0.1) is 0 Å². The molecule has 0 unspecified atom stereocenters. The molecule has 1 aliphatic heterocycles. The quantitative estimate of drug-likeness (QED) is 0.816. The molecule has 7 heteroatoms. The highest BCUT2D eigenvalue weighted by atomic mass is 16.5. The minimum atomic E-state index is -0.526. The van der Waals surface area contributed by atoms with E-state index in [0.29, 0.717) is 34.1 Å². The number of amides is 1. The number of benzene rings is 2. The summed E-state index contributed by atoms with van der Waals surface area (Å²) >= 11 is 0. The Balaban J connectivity index is 1.87. The first-order valence-electron chi connectivity index (χ1n) is 8.15. The van der Waals surface area contributed by atoms with Crippen molar-refractivity contribution in [1.29, 1.82) is 0 Å². The molecule has 0 aliphatic carbocycles. The van der Waals surface area contributed by atoms with Gasteiger partial charge in [0.15, 0.2) is 11.5 Å². The van der Waals surface area contributed by atoms with Crippen molar-refractivity contribution >= 4 is 23.6 Å². The standard InChI is InChI=1S/C20H19NO6/c1-24-17-9-12-8-13(11-27-16(12)10-18(17)25-2)19(22)21-15-7-5-4-6-14(15)20(23)26-3/h4-10H,11H2,1-3H3,(H,21,22). The fourth-order valence-corrected chi connectivity index (χ4v) is 2.71. The van der Waals surface area contributed by atoms with Gasteiger partial charge in [-0.15, -0.1) is 0 Å². The normalized spacial score (nSPS) is 12.2. The summed E-state index contributed by atoms with van der Waals surface area (Å²) in [4.78, 5) is 24.5. The van der Waals surface area contributed by atoms with Gasteiger partial charge in [-0.25, -0.2) is 4.79 Å². The smallest absolute Gasteiger partial charge is 0.339 e. The highest BCUT2D eigenvalue weighted by Crippen LogP contribution is 2.37. The van der Waals surface area contributed by atoms with Crippen molar-refractivity contribution in [3.8, 4) is 17.2 Å². The van der Waals surface area contributed by atoms with Crippen LogP contribution in [0.4, 0.5) is 5.69 Å². The molecule has 2 aromatic rings. The Morgan fingerprint density at radius 3 is 2.44 bits per heavy atom. The third kappa shape index (κ3) is 3.72. The summed E-state index contributed by atoms with van der Waals surface area (Å²) in [7, 11) is 4.37. The first-order chi connectivity index (χ1) is 13.1. The average Bonchev–Trinajstić information content (AvgIpc) is 2.71. The summed E-state index contributed by atoms with van der Waals surface area (Å²) in [5, 5.41) is 2.73. The molecule has 140 valence electrons. The van der Waals surface area contributed by atoms with Crippen LogP contribution in [0.25, 0.3) is 6.08 Å². The molecule has 1 N–H and O–H groups in total. The molecule has 0 spiro atoms. The van der Waals surface area contributed by atoms with Gasteiger partial charge in [0.2, 0.25) is 0 Å². The third-order valence-electron chi connectivity index (χ3n) is 4.10. The summed E-state index contributed by atoms with van der Waals surface area (Å²) < 4.78 is 21.0. The minimum absolute atomic E-state index is 0.0920. The average molecular weight is 369 g/mol. The Labute approximate surface area is 156 Å². The van der Waals surface area contributed by atoms with Crippen LogP contribution >= 0.6 is 0 Å². The molecule has 27 heavy (non-hydrogen) atoms. The van der Waals surface area contributed by atoms with Crippen molar-refractivity contribution in [2.45, 2.75) is 0 Å². The van der Waals surface area contributed by atoms with E-state index in [2.05, 4.69) is 5.32 Å². The van der Waals surface area contributed by atoms with Gasteiger partial charge in [-0.1, -0.05) is 12.1 Å². The molecular weight excluding hydrogens is 350 g/mol. The van der Waals surface area contributed by atoms with Crippen LogP contribution in [0.2, 0.25) is 0 Å². The number of rotatable bonds is 5. The van der Waals surface area contributed by atoms with E-state index >= 15 is 0 Å². The van der Waals surface area contributed by atoms with Crippen LogP contribution in [-0.4, -0.2) is 39.8 Å². The molecule has 1 amide bonds. The highest BCUT2D eigenvalue weighted by molar-refractivity contribution is 6.10. The molecule has 1 heterocycles. The fourth-order valence-electron chi connectivity index (χ4n) is 2.71. The zero-order valence-electron chi connectivity index (χ0n) is 15.2. The summed E-state index contributed by atoms with van der Waals surface area (Å²) in [6.45, 7) is 0.0920. The number of hydrogen-bond donors (Lipinski definition) is 1. The molecular formula is C20H19NO6. The summed E-state index contributed by atoms with van der Waals surface area (Å²) in [6.07, 6.45) is 1.72. The van der Waals surface area contributed by atoms with E-state index < -0.39 is 5.97 Å². The van der Waals surface area contributed by atoms with Gasteiger partial charge in [0.05, 0.1) is 38.2 Å². The van der Waals surface area contributed by atoms with E-state index in [9.17, 15) is 9.59 Å². The van der Waals surface area contributed by atoms with Gasteiger partial charge in [0, 0.05) is 11.6 Å². The molecule has 0 aromatic heterocycles. The largest absolute Gasteiger partial charge is 0.493 e. The lowest BCUT2D eigenvalue weighted by Gasteiger charge is -2.20. The van der Waals surface area contributed by atoms with E-state index in [0.717, 1.165) is 0 Å². The monoisotopic (exact) mass is 369 g/mol. The van der Waals surface area contributed by atoms with E-state index in [1.54, 1.807) is 49.6 Å². The second kappa shape index (κ2) is 7.82. The molecule has 2 aromatic carbocycles. The van der Waals surface area contributed by atoms with Crippen molar-refractivity contribution in [3.05, 3.63) is 53.1 Å². The van der Waals surface area contributed by atoms with Crippen LogP contribution < -0.4 is 19.5 Å². The number of methoxy groups -OCH3 is 3. The Hall–Kier alpha value is -3.48. The third-order valence-corrected chi connectivity index (χ3v) is 4.10. The number of carbonyl (C=O) groups excluding carboxylic acids is 2. The zero-order valence-corrected chi connectivity index (χ0v) is 15.2. The molecule has 0 fully saturated rings. The number of nitrogens with one attached hydrogen (secondary N) is 1. The lowest BCUT2D eigenvalue weighted by molar-refractivity contribution is -0.113. The molecule has 0 saturated carbocycles. The van der Waals surface area contributed by atoms with Crippen LogP contribution in [0.5, 0.6) is 17.2 Å². The maximum absolute atomic E-state index is 12.7. The second-order valence-corrected chi connectivity index (χ2v) is 5.69. The Kier molecular flexibility index (Phi) is 5.30. The number of fused-ring (bicyclic) bond motifs is 1. The van der Waals surface area contributed by atoms with Gasteiger partial charge in [0.1, 0.15) is 12.4 Å². The first kappa shape index (κ1) is 18.3. The fraction of sp³-hybridized carbons (Fsp3) is 0.200. The Morgan fingerprint density at radius 1 is 1.04 bits per heavy atom. The van der Waals surface area contributed by atoms with E-state index in [4.69, 9.17) is 18.9 Å². The number of para-hydroxylation sites is 1. The van der Waals surface area contributed by atoms with E-state index in [1.807, 2.05) is 0 Å². The van der Waals surface area contributed by atoms with Crippen molar-refractivity contribution in [3.63, 3.8) is 0 Å². The molecule has 1 aliphatic rings. The first-order valence-corrected chi connectivity index (χ1v) is 8.15. The molecule has 3 rings (SSSR count). The van der Waals surface area contributed by atoms with Gasteiger partial charge in [0.25, 0.3) is 5.91 Å². The molecule has 0 radical (unpaired) electrons. The van der Waals surface area contributed by atoms with Gasteiger partial charge in [-0.05, 0) is 24.3 Å². The maximum atomic E-state index is 12.7. The lowest BCUT2D eigenvalue weighted by atomic mass is 10.1. The van der Waals surface area contributed by atoms with Crippen molar-refractivity contribution in [2.24, 2.45) is 0 Å². The molecule has 7 nitrogen and oxygen atoms in total. The van der Waals surface area contributed by atoms with Gasteiger partial charge >= 0.3 is 5.97 Å². The zero-order chi connectivity index (χ0) is 19.4. The summed E-state index contributed by atoms with van der Waals surface area (Å²) in [5.74, 6) is 0.784. The van der Waals surface area contributed by atoms with E-state index in [1.165, 1.54) is 14.2 Å². The Morgan fingerprint density at radius 2 is 1.74 bits per heavy atom. The predicted molar refractivity (Wildman–Crippen MR) is 99.4 cm³/mol. The van der Waals surface area contributed by atoms with Crippen molar-refractivity contribution in [1.82, 2.24) is 0 Å². The van der Waals surface area contributed by atoms with Gasteiger partial charge in [-0.2, -0.15) is 0 Å². The topological polar surface area (TPSA) is 83.1 Å². The molecule has 0 bridgehead atoms. The van der Waals surface area contributed by atoms with Gasteiger partial charge < -0.3 is 24.3 Å². The molecule has 0 saturated heterocycles. The van der Waals surface area contributed by atoms with Crippen LogP contribution in [-0.2, 0) is 9.53 Å². The SMILES string of the molecule is COC(=O)c1ccccc1NC(=O)C1=Cc2cc(OC)c(OC)cc2OC1. The highest BCUT2D eigenvalue weighted by Gasteiger charge is 2.21. The predicted octanol–water partition coefficient (Wildman–Crippen LogP) is 2.90. The Bertz CT molecular complexity index is 919. The second-order valence-electron chi connectivity index (χ2n) is 5.69. The number of carbonyl (C=O) groups is 2. The van der Waals surface area contributed by atoms with Crippen molar-refractivity contribution < 1.29 is 28.5 Å².